The van der Waals surface area contributed by atoms with Gasteiger partial charge in [0.2, 0.25) is 0 Å². The quantitative estimate of drug-likeness (QED) is 0.718. The highest BCUT2D eigenvalue weighted by atomic mass is 15.3. The van der Waals surface area contributed by atoms with E-state index in [1.165, 1.54) is 0 Å². The standard InChI is InChI=1S/C11H11N3/c1-3-10-7-13-14(8-10)11-5-4-9(2)6-12-11/h3-8H,1H2,2H3. The Hall–Kier alpha value is -1.90. The van der Waals surface area contributed by atoms with Crippen molar-refractivity contribution in [2.24, 2.45) is 0 Å². The first-order chi connectivity index (χ1) is 6.79. The topological polar surface area (TPSA) is 30.7 Å². The van der Waals surface area contributed by atoms with Gasteiger partial charge in [-0.2, -0.15) is 5.10 Å². The number of nitrogens with zero attached hydrogens (tertiary/aromatic N) is 3. The van der Waals surface area contributed by atoms with Crippen molar-refractivity contribution in [2.45, 2.75) is 6.92 Å². The second-order valence-electron chi connectivity index (χ2n) is 3.12. The predicted molar refractivity (Wildman–Crippen MR) is 56.2 cm³/mol. The van der Waals surface area contributed by atoms with E-state index in [0.29, 0.717) is 0 Å². The van der Waals surface area contributed by atoms with Crippen LogP contribution < -0.4 is 0 Å². The van der Waals surface area contributed by atoms with Crippen LogP contribution in [0, 0.1) is 6.92 Å². The van der Waals surface area contributed by atoms with E-state index in [1.807, 2.05) is 31.5 Å². The van der Waals surface area contributed by atoms with Crippen molar-refractivity contribution in [3.8, 4) is 5.82 Å². The molecular weight excluding hydrogens is 174 g/mol. The Bertz CT molecular complexity index is 440. The number of pyridine rings is 1. The fourth-order valence-electron chi connectivity index (χ4n) is 1.16. The van der Waals surface area contributed by atoms with Crippen LogP contribution in [0.5, 0.6) is 0 Å². The normalized spacial score (nSPS) is 10.1. The molecule has 2 rings (SSSR count). The number of rotatable bonds is 2. The number of hydrogen-bond donors (Lipinski definition) is 0. The Balaban J connectivity index is 2.39. The first-order valence-corrected chi connectivity index (χ1v) is 4.40. The summed E-state index contributed by atoms with van der Waals surface area (Å²) >= 11 is 0. The van der Waals surface area contributed by atoms with Crippen molar-refractivity contribution < 1.29 is 0 Å². The Morgan fingerprint density at radius 2 is 2.21 bits per heavy atom. The lowest BCUT2D eigenvalue weighted by Gasteiger charge is -1.99. The summed E-state index contributed by atoms with van der Waals surface area (Å²) in [6.45, 7) is 5.69. The molecule has 0 spiro atoms. The highest BCUT2D eigenvalue weighted by Gasteiger charge is 1.98. The molecule has 2 aromatic heterocycles. The summed E-state index contributed by atoms with van der Waals surface area (Å²) in [5.41, 5.74) is 2.14. The summed E-state index contributed by atoms with van der Waals surface area (Å²) in [5, 5.41) is 4.17. The van der Waals surface area contributed by atoms with Crippen LogP contribution in [-0.4, -0.2) is 14.8 Å². The maximum atomic E-state index is 4.26. The zero-order valence-corrected chi connectivity index (χ0v) is 8.01. The highest BCUT2D eigenvalue weighted by molar-refractivity contribution is 5.44. The van der Waals surface area contributed by atoms with E-state index in [9.17, 15) is 0 Å². The second kappa shape index (κ2) is 3.46. The molecule has 2 aromatic rings. The van der Waals surface area contributed by atoms with Gasteiger partial charge in [0.25, 0.3) is 0 Å². The van der Waals surface area contributed by atoms with Crippen LogP contribution in [-0.2, 0) is 0 Å². The smallest absolute Gasteiger partial charge is 0.153 e. The molecule has 0 N–H and O–H groups in total. The van der Waals surface area contributed by atoms with Gasteiger partial charge >= 0.3 is 0 Å². The molecule has 0 atom stereocenters. The van der Waals surface area contributed by atoms with Crippen molar-refractivity contribution in [2.75, 3.05) is 0 Å². The summed E-state index contributed by atoms with van der Waals surface area (Å²) < 4.78 is 1.73. The first-order valence-electron chi connectivity index (χ1n) is 4.40. The average Bonchev–Trinajstić information content (AvgIpc) is 2.67. The summed E-state index contributed by atoms with van der Waals surface area (Å²) in [6, 6.07) is 3.95. The van der Waals surface area contributed by atoms with Gasteiger partial charge in [0.15, 0.2) is 5.82 Å². The average molecular weight is 185 g/mol. The van der Waals surface area contributed by atoms with Crippen LogP contribution in [0.3, 0.4) is 0 Å². The number of aryl methyl sites for hydroxylation is 1. The molecule has 0 unspecified atom stereocenters. The third-order valence-corrected chi connectivity index (χ3v) is 1.97. The molecule has 2 heterocycles. The fourth-order valence-corrected chi connectivity index (χ4v) is 1.16. The molecule has 0 aromatic carbocycles. The van der Waals surface area contributed by atoms with Crippen LogP contribution in [0.2, 0.25) is 0 Å². The Morgan fingerprint density at radius 3 is 2.79 bits per heavy atom. The van der Waals surface area contributed by atoms with Crippen LogP contribution in [0.1, 0.15) is 11.1 Å². The molecule has 0 aliphatic heterocycles. The Kier molecular flexibility index (Phi) is 2.14. The lowest BCUT2D eigenvalue weighted by Crippen LogP contribution is -1.96. The monoisotopic (exact) mass is 185 g/mol. The van der Waals surface area contributed by atoms with Gasteiger partial charge in [0.05, 0.1) is 6.20 Å². The Labute approximate surface area is 82.7 Å². The van der Waals surface area contributed by atoms with Crippen molar-refractivity contribution in [1.82, 2.24) is 14.8 Å². The van der Waals surface area contributed by atoms with E-state index in [1.54, 1.807) is 17.0 Å². The predicted octanol–water partition coefficient (Wildman–Crippen LogP) is 2.22. The van der Waals surface area contributed by atoms with Crippen LogP contribution in [0.15, 0.2) is 37.3 Å². The second-order valence-corrected chi connectivity index (χ2v) is 3.12. The molecule has 0 amide bonds. The molecule has 0 saturated heterocycles. The van der Waals surface area contributed by atoms with Crippen LogP contribution in [0.25, 0.3) is 11.9 Å². The number of aromatic nitrogens is 3. The zero-order valence-electron chi connectivity index (χ0n) is 8.01. The Morgan fingerprint density at radius 1 is 1.36 bits per heavy atom. The van der Waals surface area contributed by atoms with Crippen molar-refractivity contribution in [3.05, 3.63) is 48.4 Å². The molecule has 70 valence electrons. The summed E-state index contributed by atoms with van der Waals surface area (Å²) in [5.74, 6) is 0.823. The van der Waals surface area contributed by atoms with Crippen molar-refractivity contribution in [1.29, 1.82) is 0 Å². The number of hydrogen-bond acceptors (Lipinski definition) is 2. The first kappa shape index (κ1) is 8.69. The van der Waals surface area contributed by atoms with Crippen LogP contribution in [0.4, 0.5) is 0 Å². The summed E-state index contributed by atoms with van der Waals surface area (Å²) in [6.07, 6.45) is 7.24. The van der Waals surface area contributed by atoms with E-state index in [2.05, 4.69) is 16.7 Å². The molecule has 3 nitrogen and oxygen atoms in total. The third-order valence-electron chi connectivity index (χ3n) is 1.97. The van der Waals surface area contributed by atoms with Crippen LogP contribution >= 0.6 is 0 Å². The maximum absolute atomic E-state index is 4.26. The van der Waals surface area contributed by atoms with E-state index >= 15 is 0 Å². The SMILES string of the molecule is C=Cc1cnn(-c2ccc(C)cn2)c1. The van der Waals surface area contributed by atoms with Gasteiger partial charge in [-0.1, -0.05) is 18.7 Å². The lowest BCUT2D eigenvalue weighted by atomic mass is 10.3. The third kappa shape index (κ3) is 1.57. The van der Waals surface area contributed by atoms with E-state index in [4.69, 9.17) is 0 Å². The van der Waals surface area contributed by atoms with Gasteiger partial charge in [-0.05, 0) is 18.6 Å². The van der Waals surface area contributed by atoms with Gasteiger partial charge in [-0.3, -0.25) is 0 Å². The van der Waals surface area contributed by atoms with Crippen molar-refractivity contribution >= 4 is 6.08 Å². The zero-order chi connectivity index (χ0) is 9.97. The minimum atomic E-state index is 0.823. The van der Waals surface area contributed by atoms with Gasteiger partial charge in [0.1, 0.15) is 0 Å². The summed E-state index contributed by atoms with van der Waals surface area (Å²) in [4.78, 5) is 4.26. The molecule has 0 aliphatic rings. The largest absolute Gasteiger partial charge is 0.237 e. The molecular formula is C11H11N3. The van der Waals surface area contributed by atoms with E-state index in [-0.39, 0.29) is 0 Å². The minimum absolute atomic E-state index is 0.823. The molecule has 14 heavy (non-hydrogen) atoms. The van der Waals surface area contributed by atoms with Gasteiger partial charge in [0, 0.05) is 18.0 Å². The molecule has 0 radical (unpaired) electrons. The molecule has 0 aliphatic carbocycles. The molecule has 0 bridgehead atoms. The minimum Gasteiger partial charge on any atom is -0.237 e. The van der Waals surface area contributed by atoms with Gasteiger partial charge in [-0.25, -0.2) is 9.67 Å². The molecule has 0 saturated carbocycles. The molecule has 0 fully saturated rings. The van der Waals surface area contributed by atoms with Gasteiger partial charge in [-0.15, -0.1) is 0 Å². The fraction of sp³-hybridized carbons (Fsp3) is 0.0909. The molecule has 3 heteroatoms. The highest BCUT2D eigenvalue weighted by Crippen LogP contribution is 2.06. The maximum Gasteiger partial charge on any atom is 0.153 e. The van der Waals surface area contributed by atoms with Crippen molar-refractivity contribution in [3.63, 3.8) is 0 Å². The van der Waals surface area contributed by atoms with E-state index < -0.39 is 0 Å². The van der Waals surface area contributed by atoms with Gasteiger partial charge < -0.3 is 0 Å². The lowest BCUT2D eigenvalue weighted by molar-refractivity contribution is 0.845. The summed E-state index contributed by atoms with van der Waals surface area (Å²) in [7, 11) is 0. The van der Waals surface area contributed by atoms with E-state index in [0.717, 1.165) is 16.9 Å².